The standard InChI is InChI=1S/C24H21N3O2/c1-17-9-3-4-10-19(17)15-22(26-29-18(2)28)21-16-27(24-13-7-8-14-25-24)23-12-6-5-11-20(21)23/h3-14,16H,15H2,1-2H3/b26-22+. The first kappa shape index (κ1) is 18.6. The van der Waals surface area contributed by atoms with Gasteiger partial charge in [-0.05, 0) is 36.2 Å². The average Bonchev–Trinajstić information content (AvgIpc) is 3.12. The molecule has 0 unspecified atom stereocenters. The predicted octanol–water partition coefficient (Wildman–Crippen LogP) is 4.84. The molecule has 2 aromatic heterocycles. The van der Waals surface area contributed by atoms with Crippen molar-refractivity contribution in [1.82, 2.24) is 9.55 Å². The molecule has 5 nitrogen and oxygen atoms in total. The SMILES string of the molecule is CC(=O)O/N=C(\Cc1ccccc1C)c1cn(-c2ccccn2)c2ccccc12. The highest BCUT2D eigenvalue weighted by Gasteiger charge is 2.17. The number of nitrogens with zero attached hydrogens (tertiary/aromatic N) is 3. The number of hydrogen-bond donors (Lipinski definition) is 0. The zero-order chi connectivity index (χ0) is 20.2. The van der Waals surface area contributed by atoms with Crippen LogP contribution < -0.4 is 0 Å². The van der Waals surface area contributed by atoms with Crippen LogP contribution in [0.15, 0.2) is 84.3 Å². The van der Waals surface area contributed by atoms with Crippen molar-refractivity contribution < 1.29 is 9.63 Å². The Labute approximate surface area is 169 Å². The largest absolute Gasteiger partial charge is 0.331 e. The Morgan fingerprint density at radius 2 is 1.79 bits per heavy atom. The van der Waals surface area contributed by atoms with Gasteiger partial charge >= 0.3 is 5.97 Å². The van der Waals surface area contributed by atoms with Gasteiger partial charge in [0.25, 0.3) is 0 Å². The summed E-state index contributed by atoms with van der Waals surface area (Å²) in [6.45, 7) is 3.42. The molecule has 0 aliphatic carbocycles. The van der Waals surface area contributed by atoms with Gasteiger partial charge in [-0.15, -0.1) is 0 Å². The summed E-state index contributed by atoms with van der Waals surface area (Å²) >= 11 is 0. The van der Waals surface area contributed by atoms with E-state index in [4.69, 9.17) is 4.84 Å². The third-order valence-corrected chi connectivity index (χ3v) is 4.82. The van der Waals surface area contributed by atoms with E-state index in [-0.39, 0.29) is 0 Å². The fraction of sp³-hybridized carbons (Fsp3) is 0.125. The molecule has 5 heteroatoms. The number of fused-ring (bicyclic) bond motifs is 1. The lowest BCUT2D eigenvalue weighted by atomic mass is 9.98. The molecule has 0 bridgehead atoms. The number of pyridine rings is 1. The zero-order valence-corrected chi connectivity index (χ0v) is 16.4. The Morgan fingerprint density at radius 1 is 1.03 bits per heavy atom. The second-order valence-corrected chi connectivity index (χ2v) is 6.84. The third kappa shape index (κ3) is 3.94. The topological polar surface area (TPSA) is 56.5 Å². The molecule has 29 heavy (non-hydrogen) atoms. The van der Waals surface area contributed by atoms with E-state index in [0.717, 1.165) is 33.4 Å². The van der Waals surface area contributed by atoms with Crippen molar-refractivity contribution in [3.05, 3.63) is 95.8 Å². The maximum Gasteiger partial charge on any atom is 0.331 e. The molecule has 4 aromatic rings. The molecule has 2 heterocycles. The Bertz CT molecular complexity index is 1190. The van der Waals surface area contributed by atoms with Crippen LogP contribution >= 0.6 is 0 Å². The third-order valence-electron chi connectivity index (χ3n) is 4.82. The number of aryl methyl sites for hydroxylation is 1. The molecule has 0 saturated heterocycles. The molecule has 0 saturated carbocycles. The van der Waals surface area contributed by atoms with Crippen LogP contribution in [0.5, 0.6) is 0 Å². The van der Waals surface area contributed by atoms with E-state index in [1.807, 2.05) is 65.4 Å². The molecule has 0 N–H and O–H groups in total. The van der Waals surface area contributed by atoms with E-state index in [1.54, 1.807) is 6.20 Å². The van der Waals surface area contributed by atoms with Crippen LogP contribution in [-0.2, 0) is 16.1 Å². The Hall–Kier alpha value is -3.73. The summed E-state index contributed by atoms with van der Waals surface area (Å²) in [4.78, 5) is 21.0. The van der Waals surface area contributed by atoms with E-state index < -0.39 is 5.97 Å². The minimum Gasteiger partial charge on any atom is -0.318 e. The summed E-state index contributed by atoms with van der Waals surface area (Å²) in [5, 5.41) is 5.25. The quantitative estimate of drug-likeness (QED) is 0.281. The summed E-state index contributed by atoms with van der Waals surface area (Å²) in [7, 11) is 0. The van der Waals surface area contributed by atoms with Gasteiger partial charge < -0.3 is 9.40 Å². The van der Waals surface area contributed by atoms with Crippen molar-refractivity contribution in [2.75, 3.05) is 0 Å². The predicted molar refractivity (Wildman–Crippen MR) is 114 cm³/mol. The Morgan fingerprint density at radius 3 is 2.55 bits per heavy atom. The molecular formula is C24H21N3O2. The highest BCUT2D eigenvalue weighted by Crippen LogP contribution is 2.26. The van der Waals surface area contributed by atoms with Gasteiger partial charge in [-0.2, -0.15) is 0 Å². The van der Waals surface area contributed by atoms with Gasteiger partial charge in [0.05, 0.1) is 11.2 Å². The fourth-order valence-corrected chi connectivity index (χ4v) is 3.38. The molecule has 4 rings (SSSR count). The van der Waals surface area contributed by atoms with Crippen LogP contribution in [0.25, 0.3) is 16.7 Å². The van der Waals surface area contributed by atoms with Crippen LogP contribution in [0, 0.1) is 6.92 Å². The Kier molecular flexibility index (Phi) is 5.20. The number of aromatic nitrogens is 2. The van der Waals surface area contributed by atoms with Gasteiger partial charge in [0, 0.05) is 36.7 Å². The Balaban J connectivity index is 1.87. The van der Waals surface area contributed by atoms with Crippen LogP contribution in [0.4, 0.5) is 0 Å². The first-order valence-electron chi connectivity index (χ1n) is 9.44. The van der Waals surface area contributed by atoms with E-state index in [2.05, 4.69) is 29.2 Å². The number of carbonyl (C=O) groups is 1. The van der Waals surface area contributed by atoms with E-state index in [0.29, 0.717) is 12.1 Å². The zero-order valence-electron chi connectivity index (χ0n) is 16.4. The highest BCUT2D eigenvalue weighted by molar-refractivity contribution is 6.12. The maximum atomic E-state index is 11.4. The summed E-state index contributed by atoms with van der Waals surface area (Å²) in [5.41, 5.74) is 4.92. The molecule has 0 aliphatic rings. The van der Waals surface area contributed by atoms with Crippen LogP contribution in [0.3, 0.4) is 0 Å². The van der Waals surface area contributed by atoms with Gasteiger partial charge in [-0.3, -0.25) is 0 Å². The average molecular weight is 383 g/mol. The molecule has 0 radical (unpaired) electrons. The monoisotopic (exact) mass is 383 g/mol. The van der Waals surface area contributed by atoms with Crippen molar-refractivity contribution in [3.8, 4) is 5.82 Å². The molecular weight excluding hydrogens is 362 g/mol. The molecule has 2 aromatic carbocycles. The van der Waals surface area contributed by atoms with Crippen molar-refractivity contribution in [2.45, 2.75) is 20.3 Å². The molecule has 0 spiro atoms. The van der Waals surface area contributed by atoms with Gasteiger partial charge in [-0.25, -0.2) is 9.78 Å². The number of rotatable bonds is 5. The van der Waals surface area contributed by atoms with Crippen molar-refractivity contribution in [3.63, 3.8) is 0 Å². The smallest absolute Gasteiger partial charge is 0.318 e. The number of oxime groups is 1. The maximum absolute atomic E-state index is 11.4. The summed E-state index contributed by atoms with van der Waals surface area (Å²) < 4.78 is 2.03. The second kappa shape index (κ2) is 8.10. The summed E-state index contributed by atoms with van der Waals surface area (Å²) in [5.74, 6) is 0.374. The molecule has 0 aliphatic heterocycles. The normalized spacial score (nSPS) is 11.6. The molecule has 0 amide bonds. The van der Waals surface area contributed by atoms with E-state index in [9.17, 15) is 4.79 Å². The lowest BCUT2D eigenvalue weighted by molar-refractivity contribution is -0.140. The van der Waals surface area contributed by atoms with Crippen LogP contribution in [-0.4, -0.2) is 21.2 Å². The van der Waals surface area contributed by atoms with Gasteiger partial charge in [-0.1, -0.05) is 53.7 Å². The number of hydrogen-bond acceptors (Lipinski definition) is 4. The second-order valence-electron chi connectivity index (χ2n) is 6.84. The lowest BCUT2D eigenvalue weighted by Gasteiger charge is -2.08. The summed E-state index contributed by atoms with van der Waals surface area (Å²) in [6.07, 6.45) is 4.33. The van der Waals surface area contributed by atoms with Gasteiger partial charge in [0.1, 0.15) is 5.82 Å². The highest BCUT2D eigenvalue weighted by atomic mass is 16.7. The van der Waals surface area contributed by atoms with E-state index >= 15 is 0 Å². The van der Waals surface area contributed by atoms with Gasteiger partial charge in [0.2, 0.25) is 0 Å². The van der Waals surface area contributed by atoms with Crippen molar-refractivity contribution >= 4 is 22.6 Å². The van der Waals surface area contributed by atoms with Crippen molar-refractivity contribution in [1.29, 1.82) is 0 Å². The number of benzene rings is 2. The minimum absolute atomic E-state index is 0.444. The molecule has 144 valence electrons. The minimum atomic E-state index is -0.444. The fourth-order valence-electron chi connectivity index (χ4n) is 3.38. The van der Waals surface area contributed by atoms with Crippen LogP contribution in [0.1, 0.15) is 23.6 Å². The van der Waals surface area contributed by atoms with Gasteiger partial charge in [0.15, 0.2) is 0 Å². The summed E-state index contributed by atoms with van der Waals surface area (Å²) in [6, 6.07) is 22.0. The van der Waals surface area contributed by atoms with E-state index in [1.165, 1.54) is 6.92 Å². The van der Waals surface area contributed by atoms with Crippen LogP contribution in [0.2, 0.25) is 0 Å². The molecule has 0 atom stereocenters. The molecule has 0 fully saturated rings. The number of para-hydroxylation sites is 1. The first-order chi connectivity index (χ1) is 14.1. The number of carbonyl (C=O) groups excluding carboxylic acids is 1. The lowest BCUT2D eigenvalue weighted by Crippen LogP contribution is -2.08. The first-order valence-corrected chi connectivity index (χ1v) is 9.44. The van der Waals surface area contributed by atoms with Crippen molar-refractivity contribution in [2.24, 2.45) is 5.16 Å².